The number of nitrogens with one attached hydrogen (secondary N) is 1. The monoisotopic (exact) mass is 298 g/mol. The Kier molecular flexibility index (Phi) is 3.00. The number of nitrogens with zero attached hydrogens (tertiary/aromatic N) is 4. The lowest BCUT2D eigenvalue weighted by atomic mass is 10.0. The highest BCUT2D eigenvalue weighted by atomic mass is 19.1. The highest BCUT2D eigenvalue weighted by Gasteiger charge is 2.27. The number of hydrogen-bond donors (Lipinski definition) is 2. The van der Waals surface area contributed by atoms with Crippen LogP contribution in [-0.2, 0) is 0 Å². The second-order valence-corrected chi connectivity index (χ2v) is 5.48. The molecule has 1 fully saturated rings. The maximum Gasteiger partial charge on any atom is 0.181 e. The largest absolute Gasteiger partial charge is 0.356 e. The van der Waals surface area contributed by atoms with Crippen LogP contribution in [0.5, 0.6) is 0 Å². The lowest BCUT2D eigenvalue weighted by Gasteiger charge is -2.39. The number of H-pyrrole nitrogens is 1. The zero-order valence-corrected chi connectivity index (χ0v) is 11.8. The van der Waals surface area contributed by atoms with Crippen molar-refractivity contribution in [2.45, 2.75) is 0 Å². The lowest BCUT2D eigenvalue weighted by molar-refractivity contribution is 0.417. The van der Waals surface area contributed by atoms with E-state index in [9.17, 15) is 4.39 Å². The number of hydrogen-bond acceptors (Lipinski definition) is 5. The minimum Gasteiger partial charge on any atom is -0.356 e. The number of pyridine rings is 2. The van der Waals surface area contributed by atoms with Gasteiger partial charge in [-0.25, -0.2) is 14.4 Å². The summed E-state index contributed by atoms with van der Waals surface area (Å²) in [6, 6.07) is 6.78. The van der Waals surface area contributed by atoms with E-state index < -0.39 is 0 Å². The second kappa shape index (κ2) is 5.03. The molecular weight excluding hydrogens is 283 g/mol. The first-order chi connectivity index (χ1) is 10.8. The van der Waals surface area contributed by atoms with Crippen molar-refractivity contribution < 1.29 is 4.39 Å². The van der Waals surface area contributed by atoms with Crippen molar-refractivity contribution in [1.82, 2.24) is 20.2 Å². The molecule has 22 heavy (non-hydrogen) atoms. The zero-order valence-electron chi connectivity index (χ0n) is 11.8. The number of halogens is 1. The summed E-state index contributed by atoms with van der Waals surface area (Å²) in [5.74, 6) is 0.870. The van der Waals surface area contributed by atoms with Crippen LogP contribution < -0.4 is 10.6 Å². The van der Waals surface area contributed by atoms with Crippen LogP contribution in [0.3, 0.4) is 0 Å². The summed E-state index contributed by atoms with van der Waals surface area (Å²) < 4.78 is 14.2. The molecule has 0 radical (unpaired) electrons. The Morgan fingerprint density at radius 3 is 3.00 bits per heavy atom. The number of nitrogens with two attached hydrogens (primary N) is 1. The Morgan fingerprint density at radius 1 is 1.32 bits per heavy atom. The van der Waals surface area contributed by atoms with Gasteiger partial charge < -0.3 is 10.6 Å². The van der Waals surface area contributed by atoms with E-state index in [0.29, 0.717) is 23.8 Å². The molecule has 6 nitrogen and oxygen atoms in total. The molecule has 0 aromatic carbocycles. The number of aromatic amines is 1. The van der Waals surface area contributed by atoms with Crippen LogP contribution in [0.4, 0.5) is 10.2 Å². The number of rotatable bonds is 3. The average Bonchev–Trinajstić information content (AvgIpc) is 2.92. The molecule has 0 unspecified atom stereocenters. The highest BCUT2D eigenvalue weighted by molar-refractivity contribution is 5.89. The van der Waals surface area contributed by atoms with Crippen LogP contribution in [0.15, 0.2) is 30.5 Å². The van der Waals surface area contributed by atoms with Crippen LogP contribution in [-0.4, -0.2) is 39.8 Å². The minimum atomic E-state index is -0.381. The summed E-state index contributed by atoms with van der Waals surface area (Å²) in [7, 11) is 0. The fraction of sp³-hybridized carbons (Fsp3) is 0.267. The van der Waals surface area contributed by atoms with Gasteiger partial charge in [-0.1, -0.05) is 0 Å². The topological polar surface area (TPSA) is 83.7 Å². The van der Waals surface area contributed by atoms with Gasteiger partial charge in [0.2, 0.25) is 0 Å². The van der Waals surface area contributed by atoms with Gasteiger partial charge in [0.15, 0.2) is 11.5 Å². The smallest absolute Gasteiger partial charge is 0.181 e. The molecular formula is C15H15FN6. The second-order valence-electron chi connectivity index (χ2n) is 5.48. The van der Waals surface area contributed by atoms with Gasteiger partial charge >= 0.3 is 0 Å². The molecule has 0 amide bonds. The third kappa shape index (κ3) is 2.01. The van der Waals surface area contributed by atoms with Crippen molar-refractivity contribution in [2.24, 2.45) is 11.7 Å². The Balaban J connectivity index is 1.75. The third-order valence-electron chi connectivity index (χ3n) is 4.01. The van der Waals surface area contributed by atoms with Gasteiger partial charge in [0, 0.05) is 30.6 Å². The molecule has 112 valence electrons. The predicted octanol–water partition coefficient (Wildman–Crippen LogP) is 1.55. The van der Waals surface area contributed by atoms with Gasteiger partial charge in [-0.2, -0.15) is 5.10 Å². The first kappa shape index (κ1) is 13.1. The van der Waals surface area contributed by atoms with Crippen LogP contribution in [0.2, 0.25) is 0 Å². The number of aromatic nitrogens is 4. The maximum atomic E-state index is 14.2. The van der Waals surface area contributed by atoms with Crippen LogP contribution in [0.25, 0.3) is 22.4 Å². The summed E-state index contributed by atoms with van der Waals surface area (Å²) in [5.41, 5.74) is 7.01. The van der Waals surface area contributed by atoms with Crippen LogP contribution in [0.1, 0.15) is 0 Å². The summed E-state index contributed by atoms with van der Waals surface area (Å²) in [5, 5.41) is 7.70. The van der Waals surface area contributed by atoms with Crippen molar-refractivity contribution >= 4 is 16.9 Å². The summed E-state index contributed by atoms with van der Waals surface area (Å²) >= 11 is 0. The molecule has 4 heterocycles. The SMILES string of the molecule is NCC1CN(c2ccc(F)c(-c3[nH]nc4ncccc34)n2)C1. The van der Waals surface area contributed by atoms with Crippen molar-refractivity contribution in [3.63, 3.8) is 0 Å². The third-order valence-corrected chi connectivity index (χ3v) is 4.01. The Morgan fingerprint density at radius 2 is 2.18 bits per heavy atom. The molecule has 0 bridgehead atoms. The van der Waals surface area contributed by atoms with E-state index in [2.05, 4.69) is 25.1 Å². The van der Waals surface area contributed by atoms with E-state index in [1.165, 1.54) is 6.07 Å². The molecule has 3 aromatic rings. The van der Waals surface area contributed by atoms with E-state index in [0.717, 1.165) is 24.3 Å². The maximum absolute atomic E-state index is 14.2. The lowest BCUT2D eigenvalue weighted by Crippen LogP contribution is -2.50. The van der Waals surface area contributed by atoms with Gasteiger partial charge in [0.05, 0.1) is 5.69 Å². The Labute approximate surface area is 126 Å². The van der Waals surface area contributed by atoms with Gasteiger partial charge in [0.1, 0.15) is 11.5 Å². The highest BCUT2D eigenvalue weighted by Crippen LogP contribution is 2.29. The quantitative estimate of drug-likeness (QED) is 0.766. The molecule has 1 saturated heterocycles. The van der Waals surface area contributed by atoms with E-state index >= 15 is 0 Å². The molecule has 3 aromatic heterocycles. The molecule has 1 aliphatic rings. The zero-order chi connectivity index (χ0) is 15.1. The fourth-order valence-corrected chi connectivity index (χ4v) is 2.72. The van der Waals surface area contributed by atoms with Crippen molar-refractivity contribution in [1.29, 1.82) is 0 Å². The first-order valence-electron chi connectivity index (χ1n) is 7.17. The van der Waals surface area contributed by atoms with Gasteiger partial charge in [-0.15, -0.1) is 0 Å². The normalized spacial score (nSPS) is 15.3. The average molecular weight is 298 g/mol. The molecule has 0 aliphatic carbocycles. The molecule has 3 N–H and O–H groups in total. The molecule has 4 rings (SSSR count). The van der Waals surface area contributed by atoms with Crippen molar-refractivity contribution in [3.05, 3.63) is 36.3 Å². The van der Waals surface area contributed by atoms with Crippen molar-refractivity contribution in [3.8, 4) is 11.4 Å². The van der Waals surface area contributed by atoms with Crippen LogP contribution >= 0.6 is 0 Å². The molecule has 0 atom stereocenters. The van der Waals surface area contributed by atoms with E-state index in [-0.39, 0.29) is 11.5 Å². The number of fused-ring (bicyclic) bond motifs is 1. The summed E-state index contributed by atoms with van der Waals surface area (Å²) in [4.78, 5) is 10.7. The summed E-state index contributed by atoms with van der Waals surface area (Å²) in [6.07, 6.45) is 1.65. The van der Waals surface area contributed by atoms with Crippen LogP contribution in [0, 0.1) is 11.7 Å². The number of anilines is 1. The van der Waals surface area contributed by atoms with E-state index in [4.69, 9.17) is 5.73 Å². The van der Waals surface area contributed by atoms with Crippen molar-refractivity contribution in [2.75, 3.05) is 24.5 Å². The first-order valence-corrected chi connectivity index (χ1v) is 7.17. The van der Waals surface area contributed by atoms with Gasteiger partial charge in [-0.3, -0.25) is 5.10 Å². The van der Waals surface area contributed by atoms with E-state index in [1.807, 2.05) is 6.07 Å². The summed E-state index contributed by atoms with van der Waals surface area (Å²) in [6.45, 7) is 2.39. The Bertz CT molecular complexity index is 824. The molecule has 7 heteroatoms. The van der Waals surface area contributed by atoms with Gasteiger partial charge in [-0.05, 0) is 30.8 Å². The molecule has 1 aliphatic heterocycles. The molecule has 0 spiro atoms. The molecule has 0 saturated carbocycles. The van der Waals surface area contributed by atoms with Gasteiger partial charge in [0.25, 0.3) is 0 Å². The standard InChI is InChI=1S/C15H15FN6/c16-11-3-4-12(22-7-9(6-17)8-22)19-14(11)13-10-2-1-5-18-15(10)21-20-13/h1-5,9H,6-8,17H2,(H,18,20,21). The predicted molar refractivity (Wildman–Crippen MR) is 81.8 cm³/mol. The fourth-order valence-electron chi connectivity index (χ4n) is 2.72. The van der Waals surface area contributed by atoms with E-state index in [1.54, 1.807) is 18.3 Å². The minimum absolute atomic E-state index is 0.268. The Hall–Kier alpha value is -2.54.